The van der Waals surface area contributed by atoms with Crippen molar-refractivity contribution in [1.29, 1.82) is 0 Å². The number of β-amino-alcohol motifs (C(OH)–C–C–N with tert-alkyl or cyclic N) is 1. The average molecular weight is 334 g/mol. The third-order valence-electron chi connectivity index (χ3n) is 4.23. The minimum absolute atomic E-state index is 0.131. The normalized spacial score (nSPS) is 20.0. The first-order valence-corrected chi connectivity index (χ1v) is 8.43. The largest absolute Gasteiger partial charge is 0.445 e. The smallest absolute Gasteiger partial charge is 0.410 e. The molecule has 1 aromatic rings. The topological polar surface area (TPSA) is 70.1 Å². The lowest BCUT2D eigenvalue weighted by Gasteiger charge is -2.27. The highest BCUT2D eigenvalue weighted by Gasteiger charge is 2.40. The van der Waals surface area contributed by atoms with E-state index < -0.39 is 18.2 Å². The predicted octanol–water partition coefficient (Wildman–Crippen LogP) is 2.02. The summed E-state index contributed by atoms with van der Waals surface area (Å²) in [5.41, 5.74) is 0.883. The van der Waals surface area contributed by atoms with Crippen molar-refractivity contribution < 1.29 is 19.4 Å². The molecule has 1 aromatic carbocycles. The molecule has 2 rings (SSSR count). The molecule has 1 saturated heterocycles. The van der Waals surface area contributed by atoms with Crippen LogP contribution in [-0.2, 0) is 16.1 Å². The summed E-state index contributed by atoms with van der Waals surface area (Å²) in [6, 6.07) is 8.73. The highest BCUT2D eigenvalue weighted by molar-refractivity contribution is 5.86. The van der Waals surface area contributed by atoms with Gasteiger partial charge in [-0.1, -0.05) is 43.7 Å². The van der Waals surface area contributed by atoms with Crippen LogP contribution in [0.4, 0.5) is 4.79 Å². The maximum absolute atomic E-state index is 12.6. The highest BCUT2D eigenvalue weighted by Crippen LogP contribution is 2.21. The van der Waals surface area contributed by atoms with Gasteiger partial charge >= 0.3 is 6.09 Å². The Balaban J connectivity index is 1.95. The zero-order chi connectivity index (χ0) is 17.5. The SMILES string of the molecule is CCCCN(C)C(=O)[C@@H]1CC(O)CN1C(=O)OCc1ccccc1. The van der Waals surface area contributed by atoms with Gasteiger partial charge in [0.2, 0.25) is 5.91 Å². The lowest BCUT2D eigenvalue weighted by atomic mass is 10.1. The summed E-state index contributed by atoms with van der Waals surface area (Å²) in [5, 5.41) is 9.89. The highest BCUT2D eigenvalue weighted by atomic mass is 16.6. The molecule has 0 spiro atoms. The van der Waals surface area contributed by atoms with Gasteiger partial charge < -0.3 is 14.7 Å². The second kappa shape index (κ2) is 8.68. The number of hydrogen-bond acceptors (Lipinski definition) is 4. The Morgan fingerprint density at radius 2 is 2.04 bits per heavy atom. The molecule has 0 saturated carbocycles. The van der Waals surface area contributed by atoms with Gasteiger partial charge in [0.25, 0.3) is 0 Å². The van der Waals surface area contributed by atoms with Crippen LogP contribution >= 0.6 is 0 Å². The Morgan fingerprint density at radius 1 is 1.33 bits per heavy atom. The summed E-state index contributed by atoms with van der Waals surface area (Å²) < 4.78 is 5.31. The number of aliphatic hydroxyl groups is 1. The molecule has 1 aliphatic rings. The van der Waals surface area contributed by atoms with Crippen LogP contribution in [0.15, 0.2) is 30.3 Å². The van der Waals surface area contributed by atoms with Crippen LogP contribution in [0.3, 0.4) is 0 Å². The molecular weight excluding hydrogens is 308 g/mol. The number of nitrogens with zero attached hydrogens (tertiary/aromatic N) is 2. The molecule has 1 heterocycles. The predicted molar refractivity (Wildman–Crippen MR) is 90.3 cm³/mol. The third-order valence-corrected chi connectivity index (χ3v) is 4.23. The molecule has 2 atom stereocenters. The van der Waals surface area contributed by atoms with Crippen molar-refractivity contribution in [1.82, 2.24) is 9.80 Å². The molecule has 2 amide bonds. The summed E-state index contributed by atoms with van der Waals surface area (Å²) in [6.45, 7) is 2.99. The second-order valence-corrected chi connectivity index (χ2v) is 6.21. The van der Waals surface area contributed by atoms with Crippen molar-refractivity contribution in [3.05, 3.63) is 35.9 Å². The number of carbonyl (C=O) groups is 2. The quantitative estimate of drug-likeness (QED) is 0.864. The van der Waals surface area contributed by atoms with E-state index in [9.17, 15) is 14.7 Å². The van der Waals surface area contributed by atoms with Crippen LogP contribution in [0.2, 0.25) is 0 Å². The van der Waals surface area contributed by atoms with Crippen molar-refractivity contribution in [2.45, 2.75) is 44.9 Å². The van der Waals surface area contributed by atoms with Gasteiger partial charge in [-0.05, 0) is 12.0 Å². The van der Waals surface area contributed by atoms with E-state index in [-0.39, 0.29) is 25.5 Å². The Kier molecular flexibility index (Phi) is 6.61. The van der Waals surface area contributed by atoms with Crippen LogP contribution < -0.4 is 0 Å². The molecule has 24 heavy (non-hydrogen) atoms. The van der Waals surface area contributed by atoms with Gasteiger partial charge in [-0.25, -0.2) is 4.79 Å². The van der Waals surface area contributed by atoms with Gasteiger partial charge in [0.1, 0.15) is 12.6 Å². The van der Waals surface area contributed by atoms with Gasteiger partial charge in [0, 0.05) is 20.0 Å². The molecule has 1 N–H and O–H groups in total. The molecule has 0 radical (unpaired) electrons. The summed E-state index contributed by atoms with van der Waals surface area (Å²) in [7, 11) is 1.73. The number of aliphatic hydroxyl groups excluding tert-OH is 1. The van der Waals surface area contributed by atoms with Crippen LogP contribution in [0.5, 0.6) is 0 Å². The summed E-state index contributed by atoms with van der Waals surface area (Å²) in [5.74, 6) is -0.142. The first kappa shape index (κ1) is 18.3. The lowest BCUT2D eigenvalue weighted by molar-refractivity contribution is -0.134. The molecule has 0 aromatic heterocycles. The van der Waals surface area contributed by atoms with E-state index >= 15 is 0 Å². The standard InChI is InChI=1S/C18H26N2O4/c1-3-4-10-19(2)17(22)16-11-15(21)12-20(16)18(23)24-13-14-8-6-5-7-9-14/h5-9,15-16,21H,3-4,10-13H2,1-2H3/t15?,16-/m0/s1. The van der Waals surface area contributed by atoms with Crippen LogP contribution in [0.25, 0.3) is 0 Å². The number of ether oxygens (including phenoxy) is 1. The van der Waals surface area contributed by atoms with E-state index in [4.69, 9.17) is 4.74 Å². The molecule has 6 nitrogen and oxygen atoms in total. The van der Waals surface area contributed by atoms with Crippen molar-refractivity contribution in [2.24, 2.45) is 0 Å². The number of rotatable bonds is 6. The molecule has 0 aliphatic carbocycles. The number of likely N-dealkylation sites (N-methyl/N-ethyl adjacent to an activating group) is 1. The summed E-state index contributed by atoms with van der Waals surface area (Å²) >= 11 is 0. The zero-order valence-electron chi connectivity index (χ0n) is 14.4. The fourth-order valence-electron chi connectivity index (χ4n) is 2.81. The van der Waals surface area contributed by atoms with Crippen LogP contribution in [-0.4, -0.2) is 59.2 Å². The fourth-order valence-corrected chi connectivity index (χ4v) is 2.81. The van der Waals surface area contributed by atoms with E-state index in [0.29, 0.717) is 6.54 Å². The van der Waals surface area contributed by atoms with E-state index in [1.807, 2.05) is 30.3 Å². The van der Waals surface area contributed by atoms with Gasteiger partial charge in [0.05, 0.1) is 12.6 Å². The van der Waals surface area contributed by atoms with E-state index in [1.54, 1.807) is 11.9 Å². The number of hydrogen-bond donors (Lipinski definition) is 1. The molecule has 1 aliphatic heterocycles. The molecule has 1 fully saturated rings. The third kappa shape index (κ3) is 4.71. The van der Waals surface area contributed by atoms with Gasteiger partial charge in [0.15, 0.2) is 0 Å². The Morgan fingerprint density at radius 3 is 2.71 bits per heavy atom. The molecule has 1 unspecified atom stereocenters. The summed E-state index contributed by atoms with van der Waals surface area (Å²) in [6.07, 6.45) is 0.917. The monoisotopic (exact) mass is 334 g/mol. The molecule has 6 heteroatoms. The van der Waals surface area contributed by atoms with Crippen LogP contribution in [0.1, 0.15) is 31.7 Å². The summed E-state index contributed by atoms with van der Waals surface area (Å²) in [4.78, 5) is 27.9. The van der Waals surface area contributed by atoms with Gasteiger partial charge in [-0.3, -0.25) is 9.69 Å². The Hall–Kier alpha value is -2.08. The van der Waals surface area contributed by atoms with Crippen molar-refractivity contribution in [3.63, 3.8) is 0 Å². The molecule has 0 bridgehead atoms. The van der Waals surface area contributed by atoms with Gasteiger partial charge in [-0.15, -0.1) is 0 Å². The number of unbranched alkanes of at least 4 members (excludes halogenated alkanes) is 1. The number of benzene rings is 1. The second-order valence-electron chi connectivity index (χ2n) is 6.21. The van der Waals surface area contributed by atoms with E-state index in [1.165, 1.54) is 4.90 Å². The van der Waals surface area contributed by atoms with Crippen molar-refractivity contribution in [2.75, 3.05) is 20.1 Å². The van der Waals surface area contributed by atoms with E-state index in [0.717, 1.165) is 18.4 Å². The number of amides is 2. The maximum Gasteiger partial charge on any atom is 0.410 e. The molecule has 132 valence electrons. The van der Waals surface area contributed by atoms with Crippen LogP contribution in [0, 0.1) is 0 Å². The Labute approximate surface area is 143 Å². The zero-order valence-corrected chi connectivity index (χ0v) is 14.4. The lowest BCUT2D eigenvalue weighted by Crippen LogP contribution is -2.47. The first-order chi connectivity index (χ1) is 11.5. The fraction of sp³-hybridized carbons (Fsp3) is 0.556. The minimum atomic E-state index is -0.692. The van der Waals surface area contributed by atoms with E-state index in [2.05, 4.69) is 6.92 Å². The maximum atomic E-state index is 12.6. The number of likely N-dealkylation sites (tertiary alicyclic amines) is 1. The Bertz CT molecular complexity index is 549. The molecular formula is C18H26N2O4. The van der Waals surface area contributed by atoms with Crippen molar-refractivity contribution in [3.8, 4) is 0 Å². The first-order valence-electron chi connectivity index (χ1n) is 8.43. The number of carbonyl (C=O) groups excluding carboxylic acids is 2. The van der Waals surface area contributed by atoms with Crippen molar-refractivity contribution >= 4 is 12.0 Å². The van der Waals surface area contributed by atoms with Gasteiger partial charge in [-0.2, -0.15) is 0 Å². The minimum Gasteiger partial charge on any atom is -0.445 e. The average Bonchev–Trinajstić information content (AvgIpc) is 2.99.